The Hall–Kier alpha value is -1.68. The maximum Gasteiger partial charge on any atom is 0.240 e. The van der Waals surface area contributed by atoms with Crippen molar-refractivity contribution in [1.82, 2.24) is 0 Å². The highest BCUT2D eigenvalue weighted by Gasteiger charge is 2.26. The fraction of sp³-hybridized carbons (Fsp3) is 0.353. The molecule has 0 aliphatic rings. The Balaban J connectivity index is 2.05. The second-order valence-corrected chi connectivity index (χ2v) is 6.42. The van der Waals surface area contributed by atoms with Gasteiger partial charge in [-0.15, -0.1) is 11.8 Å². The summed E-state index contributed by atoms with van der Waals surface area (Å²) in [6, 6.07) is 13.6. The third-order valence-electron chi connectivity index (χ3n) is 3.31. The van der Waals surface area contributed by atoms with Crippen LogP contribution in [0.1, 0.15) is 19.6 Å². The smallest absolute Gasteiger partial charge is 0.240 e. The number of amides is 1. The zero-order valence-electron chi connectivity index (χ0n) is 12.7. The Morgan fingerprint density at radius 1 is 1.19 bits per heavy atom. The lowest BCUT2D eigenvalue weighted by molar-refractivity contribution is -0.118. The number of furan rings is 1. The van der Waals surface area contributed by atoms with Crippen LogP contribution in [0.3, 0.4) is 0 Å². The molecule has 1 unspecified atom stereocenters. The van der Waals surface area contributed by atoms with E-state index in [1.165, 1.54) is 0 Å². The first-order chi connectivity index (χ1) is 10.1. The second-order valence-electron chi connectivity index (χ2n) is 5.29. The van der Waals surface area contributed by atoms with Gasteiger partial charge in [0, 0.05) is 12.7 Å². The summed E-state index contributed by atoms with van der Waals surface area (Å²) in [5, 5.41) is -0.0830. The summed E-state index contributed by atoms with van der Waals surface area (Å²) in [5.74, 6) is 2.02. The number of para-hydroxylation sites is 1. The molecule has 2 aromatic rings. The zero-order chi connectivity index (χ0) is 15.2. The van der Waals surface area contributed by atoms with Gasteiger partial charge in [-0.2, -0.15) is 0 Å². The maximum absolute atomic E-state index is 12.7. The summed E-state index contributed by atoms with van der Waals surface area (Å²) < 4.78 is 5.34. The monoisotopic (exact) mass is 303 g/mol. The first-order valence-electron chi connectivity index (χ1n) is 7.06. The van der Waals surface area contributed by atoms with Crippen molar-refractivity contribution in [2.45, 2.75) is 24.9 Å². The molecule has 0 saturated heterocycles. The summed E-state index contributed by atoms with van der Waals surface area (Å²) in [4.78, 5) is 14.5. The minimum Gasteiger partial charge on any atom is -0.468 e. The van der Waals surface area contributed by atoms with E-state index in [0.29, 0.717) is 5.75 Å². The zero-order valence-corrected chi connectivity index (χ0v) is 13.5. The molecule has 0 fully saturated rings. The van der Waals surface area contributed by atoms with Crippen LogP contribution in [0.5, 0.6) is 0 Å². The lowest BCUT2D eigenvalue weighted by Gasteiger charge is -2.25. The summed E-state index contributed by atoms with van der Waals surface area (Å²) in [7, 11) is 1.83. The fourth-order valence-electron chi connectivity index (χ4n) is 2.09. The number of rotatable bonds is 6. The predicted octanol–water partition coefficient (Wildman–Crippen LogP) is 4.20. The van der Waals surface area contributed by atoms with Crippen LogP contribution >= 0.6 is 11.8 Å². The number of hydrogen-bond acceptors (Lipinski definition) is 3. The molecule has 0 spiro atoms. The molecule has 0 aliphatic carbocycles. The highest BCUT2D eigenvalue weighted by atomic mass is 32.2. The van der Waals surface area contributed by atoms with Crippen LogP contribution in [-0.2, 0) is 10.5 Å². The minimum absolute atomic E-state index is 0.0830. The molecular weight excluding hydrogens is 282 g/mol. The molecule has 0 N–H and O–H groups in total. The molecule has 3 nitrogen and oxygen atoms in total. The van der Waals surface area contributed by atoms with E-state index in [-0.39, 0.29) is 17.1 Å². The van der Waals surface area contributed by atoms with Crippen molar-refractivity contribution in [2.24, 2.45) is 5.92 Å². The van der Waals surface area contributed by atoms with Gasteiger partial charge in [0.15, 0.2) is 0 Å². The third kappa shape index (κ3) is 4.14. The van der Waals surface area contributed by atoms with Crippen molar-refractivity contribution in [1.29, 1.82) is 0 Å². The molecule has 0 saturated carbocycles. The number of anilines is 1. The van der Waals surface area contributed by atoms with Crippen LogP contribution in [-0.4, -0.2) is 18.2 Å². The summed E-state index contributed by atoms with van der Waals surface area (Å²) in [6.07, 6.45) is 1.66. The molecule has 0 bridgehead atoms. The summed E-state index contributed by atoms with van der Waals surface area (Å²) in [5.41, 5.74) is 0.923. The van der Waals surface area contributed by atoms with Crippen LogP contribution < -0.4 is 4.90 Å². The van der Waals surface area contributed by atoms with Gasteiger partial charge >= 0.3 is 0 Å². The molecule has 0 aliphatic heterocycles. The first-order valence-corrected chi connectivity index (χ1v) is 8.11. The number of thioether (sulfide) groups is 1. The number of hydrogen-bond donors (Lipinski definition) is 0. The quantitative estimate of drug-likeness (QED) is 0.802. The summed E-state index contributed by atoms with van der Waals surface area (Å²) >= 11 is 1.63. The van der Waals surface area contributed by atoms with Crippen LogP contribution in [0.15, 0.2) is 53.1 Å². The van der Waals surface area contributed by atoms with Gasteiger partial charge in [0.05, 0.1) is 17.3 Å². The molecule has 1 atom stereocenters. The second kappa shape index (κ2) is 7.36. The average Bonchev–Trinajstić information content (AvgIpc) is 3.00. The minimum atomic E-state index is -0.0830. The van der Waals surface area contributed by atoms with E-state index in [1.807, 2.05) is 49.5 Å². The Morgan fingerprint density at radius 2 is 1.90 bits per heavy atom. The van der Waals surface area contributed by atoms with Crippen molar-refractivity contribution >= 4 is 23.4 Å². The number of nitrogens with zero attached hydrogens (tertiary/aromatic N) is 1. The standard InChI is InChI=1S/C17H21NO2S/c1-13(2)16(21-12-15-10-7-11-20-15)17(19)18(3)14-8-5-4-6-9-14/h4-11,13,16H,12H2,1-3H3. The van der Waals surface area contributed by atoms with E-state index in [0.717, 1.165) is 11.4 Å². The Morgan fingerprint density at radius 3 is 2.48 bits per heavy atom. The van der Waals surface area contributed by atoms with Gasteiger partial charge in [0.1, 0.15) is 5.76 Å². The third-order valence-corrected chi connectivity index (χ3v) is 4.86. The van der Waals surface area contributed by atoms with Crippen LogP contribution in [0, 0.1) is 5.92 Å². The SMILES string of the molecule is CC(C)C(SCc1ccco1)C(=O)N(C)c1ccccc1. The van der Waals surface area contributed by atoms with Gasteiger partial charge in [0.2, 0.25) is 5.91 Å². The van der Waals surface area contributed by atoms with E-state index in [1.54, 1.807) is 22.9 Å². The summed E-state index contributed by atoms with van der Waals surface area (Å²) in [6.45, 7) is 4.16. The lowest BCUT2D eigenvalue weighted by Crippen LogP contribution is -2.37. The van der Waals surface area contributed by atoms with Gasteiger partial charge in [-0.3, -0.25) is 4.79 Å². The number of carbonyl (C=O) groups is 1. The van der Waals surface area contributed by atoms with Gasteiger partial charge < -0.3 is 9.32 Å². The van der Waals surface area contributed by atoms with Crippen molar-refractivity contribution in [3.05, 3.63) is 54.5 Å². The van der Waals surface area contributed by atoms with Crippen molar-refractivity contribution in [2.75, 3.05) is 11.9 Å². The average molecular weight is 303 g/mol. The molecule has 4 heteroatoms. The van der Waals surface area contributed by atoms with E-state index < -0.39 is 0 Å². The van der Waals surface area contributed by atoms with E-state index >= 15 is 0 Å². The highest BCUT2D eigenvalue weighted by molar-refractivity contribution is 7.99. The molecule has 1 amide bonds. The molecule has 21 heavy (non-hydrogen) atoms. The molecule has 0 radical (unpaired) electrons. The largest absolute Gasteiger partial charge is 0.468 e. The van der Waals surface area contributed by atoms with Gasteiger partial charge in [0.25, 0.3) is 0 Å². The van der Waals surface area contributed by atoms with Crippen LogP contribution in [0.4, 0.5) is 5.69 Å². The maximum atomic E-state index is 12.7. The molecule has 1 aromatic carbocycles. The Kier molecular flexibility index (Phi) is 5.51. The van der Waals surface area contributed by atoms with Crippen molar-refractivity contribution in [3.8, 4) is 0 Å². The Labute approximate surface area is 130 Å². The van der Waals surface area contributed by atoms with E-state index in [9.17, 15) is 4.79 Å². The first kappa shape index (κ1) is 15.7. The number of carbonyl (C=O) groups excluding carboxylic acids is 1. The Bertz CT molecular complexity index is 551. The fourth-order valence-corrected chi connectivity index (χ4v) is 3.28. The van der Waals surface area contributed by atoms with E-state index in [4.69, 9.17) is 4.42 Å². The van der Waals surface area contributed by atoms with Gasteiger partial charge in [-0.05, 0) is 30.2 Å². The topological polar surface area (TPSA) is 33.5 Å². The highest BCUT2D eigenvalue weighted by Crippen LogP contribution is 2.27. The van der Waals surface area contributed by atoms with Gasteiger partial charge in [-0.1, -0.05) is 32.0 Å². The lowest BCUT2D eigenvalue weighted by atomic mass is 10.1. The molecule has 1 aromatic heterocycles. The normalized spacial score (nSPS) is 12.4. The van der Waals surface area contributed by atoms with Crippen molar-refractivity contribution in [3.63, 3.8) is 0 Å². The van der Waals surface area contributed by atoms with Gasteiger partial charge in [-0.25, -0.2) is 0 Å². The predicted molar refractivity (Wildman–Crippen MR) is 88.5 cm³/mol. The molecule has 2 rings (SSSR count). The molecule has 112 valence electrons. The van der Waals surface area contributed by atoms with Crippen molar-refractivity contribution < 1.29 is 9.21 Å². The number of benzene rings is 1. The van der Waals surface area contributed by atoms with Crippen LogP contribution in [0.2, 0.25) is 0 Å². The van der Waals surface area contributed by atoms with E-state index in [2.05, 4.69) is 13.8 Å². The molecule has 1 heterocycles. The molecular formula is C17H21NO2S. The van der Waals surface area contributed by atoms with Crippen LogP contribution in [0.25, 0.3) is 0 Å².